The van der Waals surface area contributed by atoms with Crippen LogP contribution in [0.4, 0.5) is 24.5 Å². The lowest BCUT2D eigenvalue weighted by Gasteiger charge is -2.20. The molecule has 0 saturated carbocycles. The fraction of sp³-hybridized carbons (Fsp3) is 0.111. The maximum absolute atomic E-state index is 12.7. The van der Waals surface area contributed by atoms with Crippen LogP contribution < -0.4 is 10.6 Å². The van der Waals surface area contributed by atoms with Crippen LogP contribution in [0.3, 0.4) is 0 Å². The molecule has 0 unspecified atom stereocenters. The maximum Gasteiger partial charge on any atom is 0.418 e. The molecule has 0 aliphatic carbocycles. The number of benzene rings is 1. The van der Waals surface area contributed by atoms with Gasteiger partial charge in [-0.1, -0.05) is 15.9 Å². The first-order valence-corrected chi connectivity index (χ1v) is 5.06. The molecule has 0 aromatic heterocycles. The average Bonchev–Trinajstić information content (AvgIpc) is 2.18. The van der Waals surface area contributed by atoms with Crippen molar-refractivity contribution >= 4 is 39.1 Å². The molecule has 1 aromatic rings. The Kier molecular flexibility index (Phi) is 2.61. The van der Waals surface area contributed by atoms with E-state index < -0.39 is 29.2 Å². The summed E-state index contributed by atoms with van der Waals surface area (Å²) in [6, 6.07) is 2.05. The molecule has 1 heterocycles. The molecule has 0 spiro atoms. The predicted octanol–water partition coefficient (Wildman–Crippen LogP) is 2.18. The highest BCUT2D eigenvalue weighted by atomic mass is 79.9. The summed E-state index contributed by atoms with van der Waals surface area (Å²) >= 11 is 2.89. The Morgan fingerprint density at radius 1 is 1.24 bits per heavy atom. The summed E-state index contributed by atoms with van der Waals surface area (Å²) in [5.41, 5.74) is -1.78. The Bertz CT molecular complexity index is 528. The van der Waals surface area contributed by atoms with E-state index in [4.69, 9.17) is 0 Å². The first kappa shape index (κ1) is 11.9. The monoisotopic (exact) mass is 307 g/mol. The molecule has 0 saturated heterocycles. The van der Waals surface area contributed by atoms with Gasteiger partial charge in [0.05, 0.1) is 11.3 Å². The second kappa shape index (κ2) is 3.73. The van der Waals surface area contributed by atoms with Gasteiger partial charge in [-0.3, -0.25) is 9.59 Å². The van der Waals surface area contributed by atoms with Gasteiger partial charge < -0.3 is 5.32 Å². The van der Waals surface area contributed by atoms with Gasteiger partial charge in [-0.25, -0.2) is 5.32 Å². The lowest BCUT2D eigenvalue weighted by Crippen LogP contribution is -2.34. The van der Waals surface area contributed by atoms with Crippen molar-refractivity contribution in [2.75, 3.05) is 5.32 Å². The van der Waals surface area contributed by atoms with Crippen LogP contribution in [0.2, 0.25) is 0 Å². The first-order valence-electron chi connectivity index (χ1n) is 4.27. The molecular formula is C9H3BrF3N2O2. The second-order valence-electron chi connectivity index (χ2n) is 3.22. The number of nitrogens with one attached hydrogen (secondary N) is 1. The number of nitrogens with zero attached hydrogens (tertiary/aromatic N) is 1. The van der Waals surface area contributed by atoms with Gasteiger partial charge >= 0.3 is 18.0 Å². The van der Waals surface area contributed by atoms with Crippen molar-refractivity contribution in [2.45, 2.75) is 6.18 Å². The van der Waals surface area contributed by atoms with Gasteiger partial charge in [-0.2, -0.15) is 13.2 Å². The van der Waals surface area contributed by atoms with E-state index in [1.807, 2.05) is 0 Å². The predicted molar refractivity (Wildman–Crippen MR) is 54.6 cm³/mol. The molecule has 0 fully saturated rings. The standard InChI is InChI=1S/C9H3BrF3N2O2/c10-3-1-4(9(11,12)13)6-5(2-3)14-7(16)8(17)15-6/h1-2H,(H,14,16). The van der Waals surface area contributed by atoms with Gasteiger partial charge in [-0.05, 0) is 12.1 Å². The molecule has 1 N–H and O–H groups in total. The highest BCUT2D eigenvalue weighted by Gasteiger charge is 2.39. The van der Waals surface area contributed by atoms with Gasteiger partial charge in [0.2, 0.25) is 0 Å². The molecule has 1 aromatic carbocycles. The fourth-order valence-corrected chi connectivity index (χ4v) is 1.82. The van der Waals surface area contributed by atoms with Gasteiger partial charge in [-0.15, -0.1) is 0 Å². The van der Waals surface area contributed by atoms with Crippen LogP contribution in [0.25, 0.3) is 0 Å². The minimum Gasteiger partial charge on any atom is -0.316 e. The van der Waals surface area contributed by atoms with Crippen LogP contribution in [-0.2, 0) is 15.8 Å². The molecule has 0 bridgehead atoms. The Hall–Kier alpha value is -1.57. The van der Waals surface area contributed by atoms with Crippen LogP contribution in [0.1, 0.15) is 5.56 Å². The van der Waals surface area contributed by atoms with E-state index in [-0.39, 0.29) is 10.2 Å². The Morgan fingerprint density at radius 3 is 2.47 bits per heavy atom. The zero-order chi connectivity index (χ0) is 12.8. The van der Waals surface area contributed by atoms with Crippen molar-refractivity contribution in [1.82, 2.24) is 5.32 Å². The summed E-state index contributed by atoms with van der Waals surface area (Å²) in [5, 5.41) is 5.19. The van der Waals surface area contributed by atoms with E-state index in [0.29, 0.717) is 0 Å². The third-order valence-electron chi connectivity index (χ3n) is 2.04. The summed E-state index contributed by atoms with van der Waals surface area (Å²) < 4.78 is 38.2. The number of alkyl halides is 3. The highest BCUT2D eigenvalue weighted by molar-refractivity contribution is 9.10. The molecular weight excluding hydrogens is 305 g/mol. The zero-order valence-electron chi connectivity index (χ0n) is 7.93. The molecule has 4 nitrogen and oxygen atoms in total. The quantitative estimate of drug-likeness (QED) is 0.747. The van der Waals surface area contributed by atoms with Crippen molar-refractivity contribution in [3.05, 3.63) is 22.2 Å². The Labute approximate surface area is 101 Å². The highest BCUT2D eigenvalue weighted by Crippen LogP contribution is 2.42. The lowest BCUT2D eigenvalue weighted by atomic mass is 10.1. The molecule has 1 radical (unpaired) electrons. The summed E-state index contributed by atoms with van der Waals surface area (Å²) in [6.07, 6.45) is -4.65. The van der Waals surface area contributed by atoms with Crippen molar-refractivity contribution in [3.63, 3.8) is 0 Å². The number of hydrogen-bond acceptors (Lipinski definition) is 2. The summed E-state index contributed by atoms with van der Waals surface area (Å²) in [7, 11) is 0. The van der Waals surface area contributed by atoms with Crippen LogP contribution >= 0.6 is 15.9 Å². The van der Waals surface area contributed by atoms with Gasteiger partial charge in [0.25, 0.3) is 0 Å². The Balaban J connectivity index is 2.64. The van der Waals surface area contributed by atoms with Gasteiger partial charge in [0.1, 0.15) is 5.69 Å². The first-order chi connectivity index (χ1) is 7.79. The topological polar surface area (TPSA) is 60.3 Å². The van der Waals surface area contributed by atoms with E-state index in [0.717, 1.165) is 6.07 Å². The van der Waals surface area contributed by atoms with Crippen LogP contribution in [0, 0.1) is 0 Å². The van der Waals surface area contributed by atoms with Crippen molar-refractivity contribution in [3.8, 4) is 0 Å². The van der Waals surface area contributed by atoms with Crippen molar-refractivity contribution < 1.29 is 22.8 Å². The molecule has 8 heteroatoms. The minimum atomic E-state index is -4.65. The Morgan fingerprint density at radius 2 is 1.88 bits per heavy atom. The molecule has 89 valence electrons. The maximum atomic E-state index is 12.7. The number of anilines is 1. The van der Waals surface area contributed by atoms with Gasteiger partial charge in [0, 0.05) is 4.47 Å². The number of fused-ring (bicyclic) bond motifs is 1. The van der Waals surface area contributed by atoms with Gasteiger partial charge in [0.15, 0.2) is 0 Å². The number of rotatable bonds is 0. The largest absolute Gasteiger partial charge is 0.418 e. The lowest BCUT2D eigenvalue weighted by molar-refractivity contribution is -0.139. The summed E-state index contributed by atoms with van der Waals surface area (Å²) in [4.78, 5) is 21.9. The number of carbonyl (C=O) groups excluding carboxylic acids is 2. The number of hydrogen-bond donors (Lipinski definition) is 1. The molecule has 2 amide bonds. The normalized spacial score (nSPS) is 15.1. The average molecular weight is 308 g/mol. The third-order valence-corrected chi connectivity index (χ3v) is 2.49. The molecule has 1 aliphatic heterocycles. The van der Waals surface area contributed by atoms with Crippen LogP contribution in [0.5, 0.6) is 0 Å². The SMILES string of the molecule is O=C1[N]c2c(cc(Br)cc2C(F)(F)F)NC1=O. The van der Waals surface area contributed by atoms with E-state index in [1.54, 1.807) is 0 Å². The van der Waals surface area contributed by atoms with E-state index in [2.05, 4.69) is 26.6 Å². The van der Waals surface area contributed by atoms with E-state index in [1.165, 1.54) is 6.07 Å². The number of carbonyl (C=O) groups is 2. The molecule has 0 atom stereocenters. The fourth-order valence-electron chi connectivity index (χ4n) is 1.36. The molecule has 17 heavy (non-hydrogen) atoms. The number of halogens is 4. The smallest absolute Gasteiger partial charge is 0.316 e. The second-order valence-corrected chi connectivity index (χ2v) is 4.13. The van der Waals surface area contributed by atoms with E-state index >= 15 is 0 Å². The molecule has 2 rings (SSSR count). The van der Waals surface area contributed by atoms with Crippen molar-refractivity contribution in [1.29, 1.82) is 0 Å². The number of amides is 2. The van der Waals surface area contributed by atoms with Crippen LogP contribution in [0.15, 0.2) is 16.6 Å². The zero-order valence-corrected chi connectivity index (χ0v) is 9.52. The minimum absolute atomic E-state index is 0.133. The summed E-state index contributed by atoms with van der Waals surface area (Å²) in [6.45, 7) is 0. The third kappa shape index (κ3) is 2.12. The van der Waals surface area contributed by atoms with Crippen LogP contribution in [-0.4, -0.2) is 11.8 Å². The van der Waals surface area contributed by atoms with Crippen molar-refractivity contribution in [2.24, 2.45) is 0 Å². The molecule has 1 aliphatic rings. The summed E-state index contributed by atoms with van der Waals surface area (Å²) in [5.74, 6) is -2.30. The van der Waals surface area contributed by atoms with E-state index in [9.17, 15) is 22.8 Å².